The van der Waals surface area contributed by atoms with E-state index in [0.29, 0.717) is 5.91 Å². The summed E-state index contributed by atoms with van der Waals surface area (Å²) in [4.78, 5) is 17.6. The summed E-state index contributed by atoms with van der Waals surface area (Å²) in [6.45, 7) is 5.36. The molecule has 1 atom stereocenters. The molecule has 1 heterocycles. The third-order valence-electron chi connectivity index (χ3n) is 6.04. The Balaban J connectivity index is 1.33. The number of amides is 1. The largest absolute Gasteiger partial charge is 0.341 e. The molecular formula is C20H28N2O. The predicted molar refractivity (Wildman–Crippen MR) is 92.5 cm³/mol. The van der Waals surface area contributed by atoms with Crippen LogP contribution in [0.4, 0.5) is 0 Å². The third kappa shape index (κ3) is 3.16. The number of carbonyl (C=O) groups excluding carboxylic acids is 1. The highest BCUT2D eigenvalue weighted by Gasteiger charge is 2.35. The molecular weight excluding hydrogens is 284 g/mol. The van der Waals surface area contributed by atoms with Gasteiger partial charge in [-0.05, 0) is 49.3 Å². The Morgan fingerprint density at radius 3 is 2.65 bits per heavy atom. The van der Waals surface area contributed by atoms with Crippen molar-refractivity contribution in [2.45, 2.75) is 44.4 Å². The van der Waals surface area contributed by atoms with Crippen molar-refractivity contribution >= 4 is 5.91 Å². The number of carbonyl (C=O) groups is 1. The molecule has 1 amide bonds. The first-order chi connectivity index (χ1) is 11.3. The number of nitrogens with zero attached hydrogens (tertiary/aromatic N) is 2. The average molecular weight is 312 g/mol. The normalized spacial score (nSPS) is 25.7. The number of hydrogen-bond donors (Lipinski definition) is 0. The summed E-state index contributed by atoms with van der Waals surface area (Å²) in [5.41, 5.74) is 2.63. The first-order valence-corrected chi connectivity index (χ1v) is 9.40. The van der Waals surface area contributed by atoms with Gasteiger partial charge in [-0.15, -0.1) is 0 Å². The van der Waals surface area contributed by atoms with Gasteiger partial charge < -0.3 is 9.80 Å². The lowest BCUT2D eigenvalue weighted by molar-refractivity contribution is -0.133. The summed E-state index contributed by atoms with van der Waals surface area (Å²) in [7, 11) is 0. The van der Waals surface area contributed by atoms with E-state index in [4.69, 9.17) is 0 Å². The molecule has 2 fully saturated rings. The quantitative estimate of drug-likeness (QED) is 0.856. The molecule has 0 bridgehead atoms. The van der Waals surface area contributed by atoms with E-state index in [0.717, 1.165) is 38.4 Å². The summed E-state index contributed by atoms with van der Waals surface area (Å²) in [6, 6.07) is 8.42. The number of hydrogen-bond acceptors (Lipinski definition) is 2. The molecule has 1 saturated heterocycles. The van der Waals surface area contributed by atoms with E-state index in [1.165, 1.54) is 49.9 Å². The molecule has 124 valence electrons. The van der Waals surface area contributed by atoms with Crippen LogP contribution >= 0.6 is 0 Å². The summed E-state index contributed by atoms with van der Waals surface area (Å²) in [5, 5.41) is 0. The van der Waals surface area contributed by atoms with Gasteiger partial charge in [-0.25, -0.2) is 0 Å². The van der Waals surface area contributed by atoms with Crippen LogP contribution in [0, 0.1) is 5.92 Å². The standard InChI is InChI=1S/C20H28N2O/c23-20(19-14-17-8-3-4-9-18(17)19)22-11-5-10-21(12-13-22)15-16-6-1-2-7-16/h3-4,8-9,16,19H,1-2,5-7,10-15H2. The van der Waals surface area contributed by atoms with Crippen LogP contribution in [0.15, 0.2) is 24.3 Å². The van der Waals surface area contributed by atoms with E-state index in [1.54, 1.807) is 0 Å². The first-order valence-electron chi connectivity index (χ1n) is 9.40. The number of fused-ring (bicyclic) bond motifs is 1. The second kappa shape index (κ2) is 6.64. The minimum absolute atomic E-state index is 0.132. The highest BCUT2D eigenvalue weighted by Crippen LogP contribution is 2.36. The highest BCUT2D eigenvalue weighted by molar-refractivity contribution is 5.87. The van der Waals surface area contributed by atoms with Crippen molar-refractivity contribution in [3.63, 3.8) is 0 Å². The molecule has 0 radical (unpaired) electrons. The van der Waals surface area contributed by atoms with Crippen LogP contribution < -0.4 is 0 Å². The van der Waals surface area contributed by atoms with Crippen molar-refractivity contribution in [2.75, 3.05) is 32.7 Å². The van der Waals surface area contributed by atoms with E-state index >= 15 is 0 Å². The summed E-state index contributed by atoms with van der Waals surface area (Å²) in [6.07, 6.45) is 7.74. The SMILES string of the molecule is O=C(C1Cc2ccccc21)N1CCCN(CC2CCCC2)CC1. The van der Waals surface area contributed by atoms with E-state index in [-0.39, 0.29) is 5.92 Å². The van der Waals surface area contributed by atoms with Crippen LogP contribution in [0.1, 0.15) is 49.1 Å². The minimum Gasteiger partial charge on any atom is -0.341 e. The Hall–Kier alpha value is -1.35. The van der Waals surface area contributed by atoms with E-state index in [1.807, 2.05) is 0 Å². The van der Waals surface area contributed by atoms with Crippen LogP contribution in [0.5, 0.6) is 0 Å². The predicted octanol–water partition coefficient (Wildman–Crippen LogP) is 3.05. The Labute approximate surface area is 139 Å². The zero-order valence-corrected chi connectivity index (χ0v) is 14.0. The van der Waals surface area contributed by atoms with Crippen molar-refractivity contribution in [2.24, 2.45) is 5.92 Å². The van der Waals surface area contributed by atoms with Gasteiger partial charge in [-0.2, -0.15) is 0 Å². The molecule has 0 N–H and O–H groups in total. The molecule has 0 spiro atoms. The van der Waals surface area contributed by atoms with Gasteiger partial charge >= 0.3 is 0 Å². The van der Waals surface area contributed by atoms with Crippen LogP contribution in [-0.4, -0.2) is 48.4 Å². The molecule has 3 heteroatoms. The fourth-order valence-corrected chi connectivity index (χ4v) is 4.63. The third-order valence-corrected chi connectivity index (χ3v) is 6.04. The molecule has 0 aromatic heterocycles. The van der Waals surface area contributed by atoms with Gasteiger partial charge in [0, 0.05) is 26.2 Å². The molecule has 1 aromatic carbocycles. The fraction of sp³-hybridized carbons (Fsp3) is 0.650. The van der Waals surface area contributed by atoms with Gasteiger partial charge in [-0.3, -0.25) is 4.79 Å². The lowest BCUT2D eigenvalue weighted by Crippen LogP contribution is -2.41. The van der Waals surface area contributed by atoms with Gasteiger partial charge in [0.15, 0.2) is 0 Å². The maximum Gasteiger partial charge on any atom is 0.230 e. The smallest absolute Gasteiger partial charge is 0.230 e. The Morgan fingerprint density at radius 2 is 1.83 bits per heavy atom. The molecule has 1 aromatic rings. The highest BCUT2D eigenvalue weighted by atomic mass is 16.2. The van der Waals surface area contributed by atoms with Gasteiger partial charge in [0.05, 0.1) is 5.92 Å². The maximum absolute atomic E-state index is 12.9. The molecule has 1 aliphatic heterocycles. The molecule has 4 rings (SSSR count). The monoisotopic (exact) mass is 312 g/mol. The summed E-state index contributed by atoms with van der Waals surface area (Å²) in [5.74, 6) is 1.41. The van der Waals surface area contributed by atoms with Crippen LogP contribution in [0.25, 0.3) is 0 Å². The van der Waals surface area contributed by atoms with Crippen molar-refractivity contribution < 1.29 is 4.79 Å². The van der Waals surface area contributed by atoms with Crippen molar-refractivity contribution in [3.8, 4) is 0 Å². The van der Waals surface area contributed by atoms with E-state index in [2.05, 4.69) is 34.1 Å². The van der Waals surface area contributed by atoms with Crippen LogP contribution in [0.3, 0.4) is 0 Å². The van der Waals surface area contributed by atoms with Gasteiger partial charge in [0.1, 0.15) is 0 Å². The Bertz CT molecular complexity index is 565. The zero-order valence-electron chi connectivity index (χ0n) is 14.0. The maximum atomic E-state index is 12.9. The zero-order chi connectivity index (χ0) is 15.6. The van der Waals surface area contributed by atoms with Crippen molar-refractivity contribution in [3.05, 3.63) is 35.4 Å². The molecule has 3 nitrogen and oxygen atoms in total. The topological polar surface area (TPSA) is 23.6 Å². The van der Waals surface area contributed by atoms with Gasteiger partial charge in [-0.1, -0.05) is 37.1 Å². The molecule has 1 saturated carbocycles. The van der Waals surface area contributed by atoms with Gasteiger partial charge in [0.25, 0.3) is 0 Å². The number of rotatable bonds is 3. The average Bonchev–Trinajstić information content (AvgIpc) is 2.93. The van der Waals surface area contributed by atoms with Gasteiger partial charge in [0.2, 0.25) is 5.91 Å². The molecule has 1 unspecified atom stereocenters. The second-order valence-corrected chi connectivity index (χ2v) is 7.59. The van der Waals surface area contributed by atoms with Crippen LogP contribution in [-0.2, 0) is 11.2 Å². The lowest BCUT2D eigenvalue weighted by atomic mass is 9.77. The van der Waals surface area contributed by atoms with Crippen LogP contribution in [0.2, 0.25) is 0 Å². The number of benzene rings is 1. The second-order valence-electron chi connectivity index (χ2n) is 7.59. The van der Waals surface area contributed by atoms with E-state index < -0.39 is 0 Å². The summed E-state index contributed by atoms with van der Waals surface area (Å²) < 4.78 is 0. The first kappa shape index (κ1) is 15.2. The molecule has 2 aliphatic carbocycles. The summed E-state index contributed by atoms with van der Waals surface area (Å²) >= 11 is 0. The fourth-order valence-electron chi connectivity index (χ4n) is 4.63. The van der Waals surface area contributed by atoms with Crippen molar-refractivity contribution in [1.29, 1.82) is 0 Å². The molecule has 23 heavy (non-hydrogen) atoms. The lowest BCUT2D eigenvalue weighted by Gasteiger charge is -2.33. The Morgan fingerprint density at radius 1 is 1.00 bits per heavy atom. The van der Waals surface area contributed by atoms with E-state index in [9.17, 15) is 4.79 Å². The Kier molecular flexibility index (Phi) is 4.39. The van der Waals surface area contributed by atoms with Crippen molar-refractivity contribution in [1.82, 2.24) is 9.80 Å². The minimum atomic E-state index is 0.132. The molecule has 3 aliphatic rings.